The molecular weight excluding hydrogens is 331 g/mol. The summed E-state index contributed by atoms with van der Waals surface area (Å²) in [5.41, 5.74) is 2.97. The van der Waals surface area contributed by atoms with Gasteiger partial charge in [0.2, 0.25) is 10.0 Å². The van der Waals surface area contributed by atoms with Crippen LogP contribution in [0.25, 0.3) is 22.2 Å². The van der Waals surface area contributed by atoms with Crippen LogP contribution in [0.5, 0.6) is 0 Å². The number of benzene rings is 2. The van der Waals surface area contributed by atoms with Gasteiger partial charge in [-0.25, -0.2) is 18.5 Å². The summed E-state index contributed by atoms with van der Waals surface area (Å²) < 4.78 is 40.5. The number of nitrogens with two attached hydrogens (primary N) is 1. The summed E-state index contributed by atoms with van der Waals surface area (Å²) in [6.07, 6.45) is 1.35. The Kier molecular flexibility index (Phi) is 3.65. The predicted molar refractivity (Wildman–Crippen MR) is 88.1 cm³/mol. The van der Waals surface area contributed by atoms with Gasteiger partial charge in [0.1, 0.15) is 5.52 Å². The summed E-state index contributed by atoms with van der Waals surface area (Å²) in [4.78, 5) is 4.20. The highest BCUT2D eigenvalue weighted by Crippen LogP contribution is 2.28. The SMILES string of the molecule is NS(=O)(=O)c1cccc(-c2cccc3ocnc23)c1B1OCCO1. The van der Waals surface area contributed by atoms with Gasteiger partial charge in [0, 0.05) is 11.0 Å². The molecule has 7 nitrogen and oxygen atoms in total. The fourth-order valence-electron chi connectivity index (χ4n) is 2.90. The maximum absolute atomic E-state index is 12.0. The van der Waals surface area contributed by atoms with Crippen LogP contribution >= 0.6 is 0 Å². The lowest BCUT2D eigenvalue weighted by Gasteiger charge is -2.15. The molecule has 2 N–H and O–H groups in total. The average Bonchev–Trinajstić information content (AvgIpc) is 3.24. The van der Waals surface area contributed by atoms with E-state index in [-0.39, 0.29) is 4.90 Å². The molecule has 3 aromatic rings. The minimum atomic E-state index is -3.95. The molecule has 9 heteroatoms. The van der Waals surface area contributed by atoms with Crippen molar-refractivity contribution in [3.63, 3.8) is 0 Å². The Morgan fingerprint density at radius 3 is 2.50 bits per heavy atom. The third-order valence-corrected chi connectivity index (χ3v) is 4.85. The van der Waals surface area contributed by atoms with Gasteiger partial charge in [-0.05, 0) is 17.7 Å². The van der Waals surface area contributed by atoms with Crippen molar-refractivity contribution in [2.75, 3.05) is 13.2 Å². The van der Waals surface area contributed by atoms with E-state index in [0.29, 0.717) is 35.3 Å². The number of sulfonamides is 1. The first-order valence-electron chi connectivity index (χ1n) is 7.27. The van der Waals surface area contributed by atoms with Crippen LogP contribution in [0, 0.1) is 0 Å². The molecule has 1 aromatic heterocycles. The van der Waals surface area contributed by atoms with Crippen molar-refractivity contribution in [1.29, 1.82) is 0 Å². The van der Waals surface area contributed by atoms with Gasteiger partial charge in [0.25, 0.3) is 0 Å². The van der Waals surface area contributed by atoms with Crippen molar-refractivity contribution in [3.05, 3.63) is 42.8 Å². The molecule has 2 heterocycles. The molecule has 0 bridgehead atoms. The summed E-state index contributed by atoms with van der Waals surface area (Å²) >= 11 is 0. The minimum Gasteiger partial charge on any atom is -0.443 e. The van der Waals surface area contributed by atoms with Gasteiger partial charge >= 0.3 is 7.12 Å². The van der Waals surface area contributed by atoms with Gasteiger partial charge in [-0.3, -0.25) is 0 Å². The molecule has 0 amide bonds. The first kappa shape index (κ1) is 15.3. The van der Waals surface area contributed by atoms with Crippen molar-refractivity contribution in [2.45, 2.75) is 4.90 Å². The van der Waals surface area contributed by atoms with E-state index in [0.717, 1.165) is 5.56 Å². The van der Waals surface area contributed by atoms with Gasteiger partial charge in [-0.2, -0.15) is 0 Å². The summed E-state index contributed by atoms with van der Waals surface area (Å²) in [5.74, 6) is 0. The zero-order valence-corrected chi connectivity index (χ0v) is 13.3. The Morgan fingerprint density at radius 1 is 1.04 bits per heavy atom. The molecule has 0 atom stereocenters. The van der Waals surface area contributed by atoms with E-state index in [2.05, 4.69) is 4.98 Å². The average molecular weight is 344 g/mol. The molecule has 4 rings (SSSR count). The lowest BCUT2D eigenvalue weighted by Crippen LogP contribution is -2.38. The van der Waals surface area contributed by atoms with Gasteiger partial charge < -0.3 is 13.7 Å². The number of primary sulfonamides is 1. The van der Waals surface area contributed by atoms with Gasteiger partial charge in [-0.1, -0.05) is 24.3 Å². The molecule has 1 fully saturated rings. The largest absolute Gasteiger partial charge is 0.496 e. The maximum atomic E-state index is 12.0. The third-order valence-electron chi connectivity index (χ3n) is 3.88. The number of aromatic nitrogens is 1. The Labute approximate surface area is 138 Å². The second kappa shape index (κ2) is 5.71. The van der Waals surface area contributed by atoms with Crippen molar-refractivity contribution >= 4 is 33.7 Å². The topological polar surface area (TPSA) is 105 Å². The standard InChI is InChI=1S/C15H13BN2O5S/c17-24(19,20)13-6-2-3-10(14(13)16-22-7-8-23-16)11-4-1-5-12-15(11)18-9-21-12/h1-6,9H,7-8H2,(H2,17,19,20). The highest BCUT2D eigenvalue weighted by Gasteiger charge is 2.34. The molecule has 1 aliphatic rings. The normalized spacial score (nSPS) is 15.3. The number of hydrogen-bond donors (Lipinski definition) is 1. The van der Waals surface area contributed by atoms with E-state index < -0.39 is 17.1 Å². The summed E-state index contributed by atoms with van der Waals surface area (Å²) in [7, 11) is -4.74. The number of rotatable bonds is 3. The van der Waals surface area contributed by atoms with Gasteiger partial charge in [0.15, 0.2) is 12.0 Å². The molecule has 0 unspecified atom stereocenters. The third kappa shape index (κ3) is 2.51. The fourth-order valence-corrected chi connectivity index (χ4v) is 3.68. The van der Waals surface area contributed by atoms with Crippen LogP contribution in [0.3, 0.4) is 0 Å². The molecule has 2 aromatic carbocycles. The molecule has 0 spiro atoms. The molecular formula is C15H13BN2O5S. The van der Waals surface area contributed by atoms with Crippen LogP contribution in [-0.2, 0) is 19.3 Å². The monoisotopic (exact) mass is 344 g/mol. The Balaban J connectivity index is 2.03. The summed E-state index contributed by atoms with van der Waals surface area (Å²) in [6, 6.07) is 10.3. The maximum Gasteiger partial charge on any atom is 0.496 e. The summed E-state index contributed by atoms with van der Waals surface area (Å²) in [6.45, 7) is 0.772. The van der Waals surface area contributed by atoms with Crippen LogP contribution in [0.2, 0.25) is 0 Å². The lowest BCUT2D eigenvalue weighted by molar-refractivity contribution is 0.365. The van der Waals surface area contributed by atoms with Crippen LogP contribution in [0.4, 0.5) is 0 Å². The van der Waals surface area contributed by atoms with E-state index in [4.69, 9.17) is 18.9 Å². The van der Waals surface area contributed by atoms with E-state index in [1.807, 2.05) is 12.1 Å². The second-order valence-corrected chi connectivity index (χ2v) is 6.87. The number of nitrogens with zero attached hydrogens (tertiary/aromatic N) is 1. The molecule has 0 aliphatic carbocycles. The van der Waals surface area contributed by atoms with E-state index in [1.165, 1.54) is 12.5 Å². The lowest BCUT2D eigenvalue weighted by atomic mass is 9.74. The number of fused-ring (bicyclic) bond motifs is 1. The fraction of sp³-hybridized carbons (Fsp3) is 0.133. The van der Waals surface area contributed by atoms with E-state index in [1.54, 1.807) is 18.2 Å². The molecule has 0 saturated carbocycles. The van der Waals surface area contributed by atoms with Gasteiger partial charge in [-0.15, -0.1) is 0 Å². The van der Waals surface area contributed by atoms with Crippen molar-refractivity contribution in [3.8, 4) is 11.1 Å². The van der Waals surface area contributed by atoms with Gasteiger partial charge in [0.05, 0.1) is 18.1 Å². The van der Waals surface area contributed by atoms with E-state index in [9.17, 15) is 8.42 Å². The molecule has 1 saturated heterocycles. The highest BCUT2D eigenvalue weighted by molar-refractivity contribution is 7.89. The van der Waals surface area contributed by atoms with Crippen molar-refractivity contribution < 1.29 is 22.1 Å². The quantitative estimate of drug-likeness (QED) is 0.708. The number of oxazole rings is 1. The van der Waals surface area contributed by atoms with E-state index >= 15 is 0 Å². The second-order valence-electron chi connectivity index (χ2n) is 5.34. The molecule has 122 valence electrons. The zero-order chi connectivity index (χ0) is 16.7. The number of hydrogen-bond acceptors (Lipinski definition) is 6. The Bertz CT molecular complexity index is 1010. The number of para-hydroxylation sites is 1. The Hall–Kier alpha value is -2.20. The Morgan fingerprint density at radius 2 is 1.75 bits per heavy atom. The smallest absolute Gasteiger partial charge is 0.443 e. The van der Waals surface area contributed by atoms with Crippen LogP contribution < -0.4 is 10.6 Å². The molecule has 1 aliphatic heterocycles. The highest BCUT2D eigenvalue weighted by atomic mass is 32.2. The van der Waals surface area contributed by atoms with Crippen LogP contribution in [0.1, 0.15) is 0 Å². The van der Waals surface area contributed by atoms with Crippen molar-refractivity contribution in [1.82, 2.24) is 4.98 Å². The minimum absolute atomic E-state index is 0.0209. The molecule has 0 radical (unpaired) electrons. The zero-order valence-electron chi connectivity index (χ0n) is 12.5. The van der Waals surface area contributed by atoms with Crippen molar-refractivity contribution in [2.24, 2.45) is 5.14 Å². The predicted octanol–water partition coefficient (Wildman–Crippen LogP) is 0.884. The van der Waals surface area contributed by atoms with Crippen LogP contribution in [-0.4, -0.2) is 33.7 Å². The van der Waals surface area contributed by atoms with Crippen LogP contribution in [0.15, 0.2) is 52.1 Å². The molecule has 24 heavy (non-hydrogen) atoms. The first-order valence-corrected chi connectivity index (χ1v) is 8.82. The summed E-state index contributed by atoms with van der Waals surface area (Å²) in [5, 5.41) is 5.39. The first-order chi connectivity index (χ1) is 11.6.